The fourth-order valence-corrected chi connectivity index (χ4v) is 5.05. The van der Waals surface area contributed by atoms with Gasteiger partial charge in [0, 0.05) is 31.1 Å². The molecule has 2 aromatic heterocycles. The molecule has 0 radical (unpaired) electrons. The van der Waals surface area contributed by atoms with Gasteiger partial charge in [-0.25, -0.2) is 4.98 Å². The van der Waals surface area contributed by atoms with Crippen LogP contribution in [0.25, 0.3) is 21.5 Å². The molecule has 3 nitrogen and oxygen atoms in total. The molecule has 0 N–H and O–H groups in total. The van der Waals surface area contributed by atoms with Crippen LogP contribution in [0.4, 0.5) is 13.2 Å². The highest BCUT2D eigenvalue weighted by Crippen LogP contribution is 2.39. The van der Waals surface area contributed by atoms with Crippen LogP contribution in [0.15, 0.2) is 47.8 Å². The summed E-state index contributed by atoms with van der Waals surface area (Å²) in [5.41, 5.74) is 1.70. The highest BCUT2D eigenvalue weighted by molar-refractivity contribution is 14.1. The van der Waals surface area contributed by atoms with Gasteiger partial charge in [-0.15, -0.1) is 11.3 Å². The maximum atomic E-state index is 13.6. The van der Waals surface area contributed by atoms with E-state index in [0.29, 0.717) is 17.8 Å². The van der Waals surface area contributed by atoms with Gasteiger partial charge in [-0.1, -0.05) is 18.2 Å². The van der Waals surface area contributed by atoms with E-state index in [9.17, 15) is 13.2 Å². The summed E-state index contributed by atoms with van der Waals surface area (Å²) in [6.45, 7) is 2.12. The third kappa shape index (κ3) is 3.65. The number of hydrogen-bond donors (Lipinski definition) is 0. The zero-order valence-electron chi connectivity index (χ0n) is 15.1. The summed E-state index contributed by atoms with van der Waals surface area (Å²) in [6, 6.07) is 13.9. The zero-order valence-corrected chi connectivity index (χ0v) is 18.1. The average Bonchev–Trinajstić information content (AvgIpc) is 3.25. The number of aromatic nitrogens is 2. The second kappa shape index (κ2) is 7.46. The number of rotatable bonds is 3. The number of thiazole rings is 1. The molecule has 146 valence electrons. The van der Waals surface area contributed by atoms with Gasteiger partial charge in [0.15, 0.2) is 0 Å². The van der Waals surface area contributed by atoms with Crippen LogP contribution in [0.2, 0.25) is 0 Å². The Morgan fingerprint density at radius 3 is 2.66 bits per heavy atom. The Labute approximate surface area is 182 Å². The van der Waals surface area contributed by atoms with E-state index in [1.54, 1.807) is 23.6 Å². The minimum atomic E-state index is -4.60. The number of nitriles is 1. The first-order valence-electron chi connectivity index (χ1n) is 8.59. The first-order chi connectivity index (χ1) is 13.8. The van der Waals surface area contributed by atoms with Gasteiger partial charge < -0.3 is 4.57 Å². The van der Waals surface area contributed by atoms with Crippen LogP contribution in [-0.2, 0) is 12.7 Å². The Hall–Kier alpha value is -2.38. The van der Waals surface area contributed by atoms with Crippen molar-refractivity contribution in [1.82, 2.24) is 9.55 Å². The average molecular weight is 523 g/mol. The largest absolute Gasteiger partial charge is 0.418 e. The van der Waals surface area contributed by atoms with Crippen LogP contribution >= 0.6 is 33.9 Å². The normalized spacial score (nSPS) is 11.7. The van der Waals surface area contributed by atoms with Crippen molar-refractivity contribution < 1.29 is 13.2 Å². The predicted molar refractivity (Wildman–Crippen MR) is 116 cm³/mol. The van der Waals surface area contributed by atoms with Gasteiger partial charge in [-0.05, 0) is 53.8 Å². The lowest BCUT2D eigenvalue weighted by Crippen LogP contribution is -2.09. The summed E-state index contributed by atoms with van der Waals surface area (Å²) >= 11 is 3.77. The van der Waals surface area contributed by atoms with Crippen molar-refractivity contribution >= 4 is 44.8 Å². The van der Waals surface area contributed by atoms with Gasteiger partial charge in [0.25, 0.3) is 0 Å². The molecule has 0 aliphatic carbocycles. The fourth-order valence-electron chi connectivity index (χ4n) is 3.38. The van der Waals surface area contributed by atoms with Crippen molar-refractivity contribution in [1.29, 1.82) is 5.26 Å². The summed E-state index contributed by atoms with van der Waals surface area (Å²) in [4.78, 5) is 4.69. The molecule has 0 saturated heterocycles. The maximum absolute atomic E-state index is 13.6. The van der Waals surface area contributed by atoms with E-state index in [-0.39, 0.29) is 10.9 Å². The first kappa shape index (κ1) is 19.9. The number of fused-ring (bicyclic) bond motifs is 1. The van der Waals surface area contributed by atoms with Crippen LogP contribution in [-0.4, -0.2) is 9.55 Å². The topological polar surface area (TPSA) is 41.6 Å². The highest BCUT2D eigenvalue weighted by atomic mass is 127. The molecule has 0 spiro atoms. The second-order valence-corrected chi connectivity index (χ2v) is 8.55. The third-order valence-corrected chi connectivity index (χ3v) is 6.54. The quantitative estimate of drug-likeness (QED) is 0.284. The van der Waals surface area contributed by atoms with Crippen LogP contribution in [0.1, 0.15) is 22.5 Å². The third-order valence-electron chi connectivity index (χ3n) is 4.67. The van der Waals surface area contributed by atoms with Gasteiger partial charge in [-0.3, -0.25) is 0 Å². The molecule has 29 heavy (non-hydrogen) atoms. The number of hydrogen-bond acceptors (Lipinski definition) is 3. The Morgan fingerprint density at radius 1 is 1.21 bits per heavy atom. The first-order valence-corrected chi connectivity index (χ1v) is 10.5. The van der Waals surface area contributed by atoms with Crippen molar-refractivity contribution in [3.8, 4) is 16.6 Å². The van der Waals surface area contributed by atoms with E-state index >= 15 is 0 Å². The van der Waals surface area contributed by atoms with Crippen molar-refractivity contribution in [2.75, 3.05) is 0 Å². The molecule has 0 unspecified atom stereocenters. The van der Waals surface area contributed by atoms with Gasteiger partial charge >= 0.3 is 6.18 Å². The minimum absolute atomic E-state index is 0.0436. The summed E-state index contributed by atoms with van der Waals surface area (Å²) < 4.78 is 43.7. The Bertz CT molecular complexity index is 1260. The van der Waals surface area contributed by atoms with Gasteiger partial charge in [0.05, 0.1) is 29.4 Å². The van der Waals surface area contributed by atoms with Crippen LogP contribution in [0, 0.1) is 21.8 Å². The lowest BCUT2D eigenvalue weighted by atomic mass is 10.0. The standard InChI is InChI=1S/C21H13F3IN3S/c1-12-8-16-18(7-6-13(9-26)19(16)21(22,23)24)28(12)10-14-11-29-20(27-14)15-4-2-3-5-17(15)25/h2-8,11H,10H2,1H3. The number of alkyl halides is 3. The SMILES string of the molecule is Cc1cc2c(C(F)(F)F)c(C#N)ccc2n1Cc1csc(-c2ccccc2I)n1. The van der Waals surface area contributed by atoms with Gasteiger partial charge in [-0.2, -0.15) is 18.4 Å². The highest BCUT2D eigenvalue weighted by Gasteiger charge is 2.36. The molecule has 0 amide bonds. The predicted octanol–water partition coefficient (Wildman–Crippen LogP) is 6.62. The van der Waals surface area contributed by atoms with E-state index in [4.69, 9.17) is 5.26 Å². The molecule has 4 aromatic rings. The molecular weight excluding hydrogens is 510 g/mol. The number of benzene rings is 2. The lowest BCUT2D eigenvalue weighted by molar-refractivity contribution is -0.136. The number of aryl methyl sites for hydroxylation is 1. The van der Waals surface area contributed by atoms with Crippen molar-refractivity contribution in [2.24, 2.45) is 0 Å². The number of halogens is 4. The van der Waals surface area contributed by atoms with Crippen LogP contribution in [0.5, 0.6) is 0 Å². The van der Waals surface area contributed by atoms with Crippen molar-refractivity contribution in [3.05, 3.63) is 73.9 Å². The monoisotopic (exact) mass is 523 g/mol. The summed E-state index contributed by atoms with van der Waals surface area (Å²) in [5, 5.41) is 12.0. The summed E-state index contributed by atoms with van der Waals surface area (Å²) in [5.74, 6) is 0. The zero-order chi connectivity index (χ0) is 20.8. The van der Waals surface area contributed by atoms with E-state index in [2.05, 4.69) is 27.6 Å². The molecule has 2 aromatic carbocycles. The Balaban J connectivity index is 1.78. The maximum Gasteiger partial charge on any atom is 0.418 e. The molecule has 0 atom stereocenters. The van der Waals surface area contributed by atoms with Crippen molar-refractivity contribution in [3.63, 3.8) is 0 Å². The van der Waals surface area contributed by atoms with Gasteiger partial charge in [0.2, 0.25) is 0 Å². The molecule has 0 aliphatic rings. The van der Waals surface area contributed by atoms with Crippen LogP contribution < -0.4 is 0 Å². The number of nitrogens with zero attached hydrogens (tertiary/aromatic N) is 3. The Kier molecular flexibility index (Phi) is 5.12. The summed E-state index contributed by atoms with van der Waals surface area (Å²) in [7, 11) is 0. The second-order valence-electron chi connectivity index (χ2n) is 6.53. The van der Waals surface area contributed by atoms with E-state index in [1.165, 1.54) is 23.5 Å². The van der Waals surface area contributed by atoms with E-state index in [0.717, 1.165) is 19.8 Å². The Morgan fingerprint density at radius 2 is 1.97 bits per heavy atom. The molecule has 0 aliphatic heterocycles. The van der Waals surface area contributed by atoms with E-state index in [1.807, 2.05) is 29.6 Å². The van der Waals surface area contributed by atoms with E-state index < -0.39 is 11.7 Å². The lowest BCUT2D eigenvalue weighted by Gasteiger charge is -2.11. The molecular formula is C21H13F3IN3S. The molecule has 0 saturated carbocycles. The minimum Gasteiger partial charge on any atom is -0.339 e. The molecule has 2 heterocycles. The van der Waals surface area contributed by atoms with Crippen molar-refractivity contribution in [2.45, 2.75) is 19.6 Å². The molecule has 4 rings (SSSR count). The summed E-state index contributed by atoms with van der Waals surface area (Å²) in [6.07, 6.45) is -4.60. The van der Waals surface area contributed by atoms with Gasteiger partial charge in [0.1, 0.15) is 5.01 Å². The van der Waals surface area contributed by atoms with Crippen LogP contribution in [0.3, 0.4) is 0 Å². The fraction of sp³-hybridized carbons (Fsp3) is 0.143. The smallest absolute Gasteiger partial charge is 0.339 e. The molecule has 0 bridgehead atoms. The molecule has 8 heteroatoms. The molecule has 0 fully saturated rings.